The predicted molar refractivity (Wildman–Crippen MR) is 64.8 cm³/mol. The van der Waals surface area contributed by atoms with E-state index in [2.05, 4.69) is 49.4 Å². The van der Waals surface area contributed by atoms with E-state index in [4.69, 9.17) is 4.74 Å². The van der Waals surface area contributed by atoms with Crippen LogP contribution in [-0.2, 0) is 4.74 Å². The van der Waals surface area contributed by atoms with Crippen molar-refractivity contribution in [2.75, 3.05) is 12.9 Å². The monoisotopic (exact) mass is 221 g/mol. The number of aliphatic imine (C=N–C) groups is 1. The van der Waals surface area contributed by atoms with Gasteiger partial charge in [-0.15, -0.1) is 11.8 Å². The third kappa shape index (κ3) is 2.34. The molecular weight excluding hydrogens is 206 g/mol. The fourth-order valence-corrected chi connectivity index (χ4v) is 1.87. The first-order chi connectivity index (χ1) is 7.11. The summed E-state index contributed by atoms with van der Waals surface area (Å²) in [5.74, 6) is 0.771. The number of hydrogen-bond donors (Lipinski definition) is 0. The van der Waals surface area contributed by atoms with Crippen LogP contribution >= 0.6 is 11.8 Å². The first kappa shape index (κ1) is 10.6. The molecule has 15 heavy (non-hydrogen) atoms. The zero-order valence-corrected chi connectivity index (χ0v) is 10.1. The van der Waals surface area contributed by atoms with E-state index >= 15 is 0 Å². The van der Waals surface area contributed by atoms with E-state index < -0.39 is 0 Å². The Balaban J connectivity index is 2.24. The maximum absolute atomic E-state index is 5.57. The lowest BCUT2D eigenvalue weighted by Gasteiger charge is -2.07. The van der Waals surface area contributed by atoms with E-state index in [-0.39, 0.29) is 5.54 Å². The number of benzene rings is 1. The number of nitrogens with zero attached hydrogens (tertiary/aromatic N) is 1. The van der Waals surface area contributed by atoms with Crippen LogP contribution in [0.2, 0.25) is 0 Å². The number of hydrogen-bond acceptors (Lipinski definition) is 3. The minimum Gasteiger partial charge on any atom is -0.475 e. The summed E-state index contributed by atoms with van der Waals surface area (Å²) in [6.07, 6.45) is 2.07. The molecule has 1 aliphatic heterocycles. The molecule has 2 nitrogen and oxygen atoms in total. The molecule has 0 saturated heterocycles. The highest BCUT2D eigenvalue weighted by Gasteiger charge is 2.26. The second-order valence-electron chi connectivity index (χ2n) is 4.25. The molecule has 0 aromatic heterocycles. The Bertz CT molecular complexity index is 381. The summed E-state index contributed by atoms with van der Waals surface area (Å²) in [5.41, 5.74) is 0.992. The summed E-state index contributed by atoms with van der Waals surface area (Å²) in [6, 6.07) is 8.31. The number of thioether (sulfide) groups is 1. The maximum atomic E-state index is 5.57. The Morgan fingerprint density at radius 2 is 1.93 bits per heavy atom. The summed E-state index contributed by atoms with van der Waals surface area (Å²) >= 11 is 1.74. The Labute approximate surface area is 94.7 Å². The van der Waals surface area contributed by atoms with Gasteiger partial charge in [-0.1, -0.05) is 0 Å². The summed E-state index contributed by atoms with van der Waals surface area (Å²) < 4.78 is 5.57. The van der Waals surface area contributed by atoms with Crippen LogP contribution < -0.4 is 0 Å². The van der Waals surface area contributed by atoms with Crippen molar-refractivity contribution in [2.24, 2.45) is 4.99 Å². The second kappa shape index (κ2) is 3.89. The lowest BCUT2D eigenvalue weighted by Crippen LogP contribution is -2.17. The van der Waals surface area contributed by atoms with Crippen LogP contribution in [0.4, 0.5) is 0 Å². The molecule has 0 saturated carbocycles. The molecule has 80 valence electrons. The molecule has 2 rings (SSSR count). The molecule has 0 spiro atoms. The molecule has 1 heterocycles. The van der Waals surface area contributed by atoms with Crippen molar-refractivity contribution >= 4 is 17.7 Å². The van der Waals surface area contributed by atoms with Gasteiger partial charge in [0.1, 0.15) is 6.61 Å². The van der Waals surface area contributed by atoms with Crippen molar-refractivity contribution in [1.29, 1.82) is 0 Å². The van der Waals surface area contributed by atoms with Crippen LogP contribution in [-0.4, -0.2) is 24.3 Å². The topological polar surface area (TPSA) is 21.6 Å². The van der Waals surface area contributed by atoms with Crippen LogP contribution in [0.3, 0.4) is 0 Å². The molecule has 0 atom stereocenters. The van der Waals surface area contributed by atoms with Gasteiger partial charge in [0.2, 0.25) is 5.90 Å². The molecule has 0 aliphatic carbocycles. The molecule has 0 bridgehead atoms. The summed E-state index contributed by atoms with van der Waals surface area (Å²) in [4.78, 5) is 5.79. The highest BCUT2D eigenvalue weighted by molar-refractivity contribution is 7.98. The van der Waals surface area contributed by atoms with Crippen LogP contribution in [0, 0.1) is 0 Å². The fraction of sp³-hybridized carbons (Fsp3) is 0.417. The average molecular weight is 221 g/mol. The summed E-state index contributed by atoms with van der Waals surface area (Å²) in [5, 5.41) is 0. The largest absolute Gasteiger partial charge is 0.475 e. The minimum absolute atomic E-state index is 0.0759. The zero-order valence-electron chi connectivity index (χ0n) is 9.28. The molecule has 1 aromatic rings. The maximum Gasteiger partial charge on any atom is 0.216 e. The van der Waals surface area contributed by atoms with Crippen LogP contribution in [0.1, 0.15) is 19.4 Å². The molecule has 0 N–H and O–H groups in total. The highest BCUT2D eigenvalue weighted by atomic mass is 32.2. The molecule has 3 heteroatoms. The molecule has 1 aromatic carbocycles. The van der Waals surface area contributed by atoms with Gasteiger partial charge >= 0.3 is 0 Å². The first-order valence-electron chi connectivity index (χ1n) is 4.98. The molecule has 0 unspecified atom stereocenters. The quantitative estimate of drug-likeness (QED) is 0.716. The van der Waals surface area contributed by atoms with Gasteiger partial charge in [0.15, 0.2) is 0 Å². The minimum atomic E-state index is -0.0759. The van der Waals surface area contributed by atoms with Crippen LogP contribution in [0.15, 0.2) is 34.2 Å². The first-order valence-corrected chi connectivity index (χ1v) is 6.20. The highest BCUT2D eigenvalue weighted by Crippen LogP contribution is 2.22. The van der Waals surface area contributed by atoms with Gasteiger partial charge in [0.05, 0.1) is 5.54 Å². The van der Waals surface area contributed by atoms with E-state index in [1.54, 1.807) is 11.8 Å². The van der Waals surface area contributed by atoms with Crippen molar-refractivity contribution in [2.45, 2.75) is 24.3 Å². The lowest BCUT2D eigenvalue weighted by atomic mass is 10.1. The Morgan fingerprint density at radius 3 is 2.40 bits per heavy atom. The van der Waals surface area contributed by atoms with Gasteiger partial charge in [-0.25, -0.2) is 4.99 Å². The zero-order chi connectivity index (χ0) is 10.9. The SMILES string of the molecule is CSc1ccc(C2=NC(C)(C)CO2)cc1. The molecular formula is C12H15NOS. The van der Waals surface area contributed by atoms with Crippen molar-refractivity contribution in [3.63, 3.8) is 0 Å². The van der Waals surface area contributed by atoms with Gasteiger partial charge in [-0.3, -0.25) is 0 Å². The van der Waals surface area contributed by atoms with E-state index in [0.29, 0.717) is 6.61 Å². The van der Waals surface area contributed by atoms with Gasteiger partial charge in [-0.2, -0.15) is 0 Å². The van der Waals surface area contributed by atoms with Crippen LogP contribution in [0.5, 0.6) is 0 Å². The Morgan fingerprint density at radius 1 is 1.27 bits per heavy atom. The Hall–Kier alpha value is -0.960. The van der Waals surface area contributed by atoms with E-state index in [1.807, 2.05) is 0 Å². The smallest absolute Gasteiger partial charge is 0.216 e. The third-order valence-corrected chi connectivity index (χ3v) is 3.05. The second-order valence-corrected chi connectivity index (χ2v) is 5.13. The molecule has 1 aliphatic rings. The van der Waals surface area contributed by atoms with E-state index in [1.165, 1.54) is 4.90 Å². The molecule has 0 radical (unpaired) electrons. The average Bonchev–Trinajstić information content (AvgIpc) is 2.59. The van der Waals surface area contributed by atoms with Crippen molar-refractivity contribution in [3.8, 4) is 0 Å². The summed E-state index contributed by atoms with van der Waals surface area (Å²) in [6.45, 7) is 4.83. The predicted octanol–water partition coefficient (Wildman–Crippen LogP) is 2.96. The standard InChI is InChI=1S/C12H15NOS/c1-12(2)8-14-11(13-12)9-4-6-10(15-3)7-5-9/h4-7H,8H2,1-3H3. The number of rotatable bonds is 2. The molecule has 0 fully saturated rings. The van der Waals surface area contributed by atoms with Crippen molar-refractivity contribution in [1.82, 2.24) is 0 Å². The van der Waals surface area contributed by atoms with E-state index in [9.17, 15) is 0 Å². The fourth-order valence-electron chi connectivity index (χ4n) is 1.47. The third-order valence-electron chi connectivity index (χ3n) is 2.30. The van der Waals surface area contributed by atoms with Crippen molar-refractivity contribution < 1.29 is 4.74 Å². The lowest BCUT2D eigenvalue weighted by molar-refractivity contribution is 0.279. The van der Waals surface area contributed by atoms with Crippen LogP contribution in [0.25, 0.3) is 0 Å². The van der Waals surface area contributed by atoms with Crippen molar-refractivity contribution in [3.05, 3.63) is 29.8 Å². The van der Waals surface area contributed by atoms with Gasteiger partial charge in [-0.05, 0) is 44.4 Å². The van der Waals surface area contributed by atoms with Gasteiger partial charge in [0, 0.05) is 10.5 Å². The van der Waals surface area contributed by atoms with Gasteiger partial charge < -0.3 is 4.74 Å². The molecule has 0 amide bonds. The Kier molecular flexibility index (Phi) is 2.74. The van der Waals surface area contributed by atoms with E-state index in [0.717, 1.165) is 11.5 Å². The normalized spacial score (nSPS) is 18.5. The van der Waals surface area contributed by atoms with Gasteiger partial charge in [0.25, 0.3) is 0 Å². The number of ether oxygens (including phenoxy) is 1. The summed E-state index contributed by atoms with van der Waals surface area (Å²) in [7, 11) is 0.